The van der Waals surface area contributed by atoms with Crippen molar-refractivity contribution in [3.05, 3.63) is 53.9 Å². The largest absolute Gasteiger partial charge is 0.494 e. The maximum absolute atomic E-state index is 12.7. The second-order valence-corrected chi connectivity index (χ2v) is 8.05. The van der Waals surface area contributed by atoms with Crippen LogP contribution in [0.15, 0.2) is 47.0 Å². The van der Waals surface area contributed by atoms with Crippen LogP contribution >= 0.6 is 0 Å². The highest BCUT2D eigenvalue weighted by atomic mass is 16.5. The van der Waals surface area contributed by atoms with Crippen LogP contribution in [0.5, 0.6) is 17.2 Å². The number of hydrogen-bond donors (Lipinski definition) is 0. The molecule has 4 rings (SSSR count). The van der Waals surface area contributed by atoms with Crippen molar-refractivity contribution >= 4 is 5.91 Å². The molecule has 8 heteroatoms. The van der Waals surface area contributed by atoms with Crippen molar-refractivity contribution in [1.29, 1.82) is 0 Å². The smallest absolute Gasteiger partial charge is 0.232 e. The third-order valence-electron chi connectivity index (χ3n) is 5.69. The zero-order chi connectivity index (χ0) is 23.9. The Morgan fingerprint density at radius 1 is 1.00 bits per heavy atom. The number of carbonyl (C=O) groups excluding carboxylic acids is 1. The fourth-order valence-corrected chi connectivity index (χ4v) is 4.08. The summed E-state index contributed by atoms with van der Waals surface area (Å²) in [5.74, 6) is 3.22. The second-order valence-electron chi connectivity index (χ2n) is 8.05. The summed E-state index contributed by atoms with van der Waals surface area (Å²) in [7, 11) is 0. The van der Waals surface area contributed by atoms with Crippen LogP contribution in [0.2, 0.25) is 0 Å². The summed E-state index contributed by atoms with van der Waals surface area (Å²) >= 11 is 0. The van der Waals surface area contributed by atoms with Gasteiger partial charge in [0.05, 0.1) is 25.7 Å². The lowest BCUT2D eigenvalue weighted by Gasteiger charge is -2.17. The molecule has 180 valence electrons. The van der Waals surface area contributed by atoms with Crippen molar-refractivity contribution in [3.8, 4) is 28.6 Å². The topological polar surface area (TPSA) is 86.9 Å². The molecular formula is C26H31N3O5. The molecule has 0 aliphatic carbocycles. The van der Waals surface area contributed by atoms with Crippen molar-refractivity contribution in [1.82, 2.24) is 15.0 Å². The first-order valence-corrected chi connectivity index (χ1v) is 11.8. The van der Waals surface area contributed by atoms with Crippen molar-refractivity contribution in [3.63, 3.8) is 0 Å². The molecule has 1 unspecified atom stereocenters. The SMILES string of the molecule is CCOc1cccc(-c2noc(C3CC(=O)N(CCc4ccc(OCC)c(OCC)c4)C3)n2)c1. The minimum absolute atomic E-state index is 0.0964. The van der Waals surface area contributed by atoms with E-state index in [1.54, 1.807) is 0 Å². The van der Waals surface area contributed by atoms with E-state index in [9.17, 15) is 4.79 Å². The van der Waals surface area contributed by atoms with E-state index in [0.29, 0.717) is 51.0 Å². The fourth-order valence-electron chi connectivity index (χ4n) is 4.08. The summed E-state index contributed by atoms with van der Waals surface area (Å²) in [6.45, 7) is 8.76. The van der Waals surface area contributed by atoms with Gasteiger partial charge in [0.25, 0.3) is 0 Å². The third kappa shape index (κ3) is 5.50. The average molecular weight is 466 g/mol. The van der Waals surface area contributed by atoms with Crippen molar-refractivity contribution < 1.29 is 23.5 Å². The highest BCUT2D eigenvalue weighted by Gasteiger charge is 2.34. The van der Waals surface area contributed by atoms with Gasteiger partial charge in [-0.25, -0.2) is 0 Å². The molecule has 0 spiro atoms. The predicted octanol–water partition coefficient (Wildman–Crippen LogP) is 4.49. The molecule has 0 N–H and O–H groups in total. The summed E-state index contributed by atoms with van der Waals surface area (Å²) in [5.41, 5.74) is 1.92. The molecule has 8 nitrogen and oxygen atoms in total. The minimum atomic E-state index is -0.108. The molecule has 3 aromatic rings. The summed E-state index contributed by atoms with van der Waals surface area (Å²) in [6, 6.07) is 13.5. The molecular weight excluding hydrogens is 434 g/mol. The predicted molar refractivity (Wildman–Crippen MR) is 127 cm³/mol. The van der Waals surface area contributed by atoms with Crippen LogP contribution in [0.25, 0.3) is 11.4 Å². The summed E-state index contributed by atoms with van der Waals surface area (Å²) in [4.78, 5) is 19.1. The van der Waals surface area contributed by atoms with Crippen LogP contribution in [-0.2, 0) is 11.2 Å². The maximum Gasteiger partial charge on any atom is 0.232 e. The van der Waals surface area contributed by atoms with Gasteiger partial charge >= 0.3 is 0 Å². The Balaban J connectivity index is 1.38. The van der Waals surface area contributed by atoms with E-state index in [1.165, 1.54) is 0 Å². The Bertz CT molecular complexity index is 1110. The molecule has 1 aromatic heterocycles. The van der Waals surface area contributed by atoms with Crippen LogP contribution in [0.4, 0.5) is 0 Å². The van der Waals surface area contributed by atoms with E-state index in [0.717, 1.165) is 34.8 Å². The Labute approximate surface area is 199 Å². The van der Waals surface area contributed by atoms with Crippen LogP contribution in [-0.4, -0.2) is 53.9 Å². The van der Waals surface area contributed by atoms with E-state index in [1.807, 2.05) is 68.1 Å². The van der Waals surface area contributed by atoms with E-state index >= 15 is 0 Å². The first kappa shape index (κ1) is 23.6. The molecule has 2 aromatic carbocycles. The number of carbonyl (C=O) groups is 1. The van der Waals surface area contributed by atoms with Gasteiger partial charge in [0.1, 0.15) is 5.75 Å². The van der Waals surface area contributed by atoms with E-state index < -0.39 is 0 Å². The first-order chi connectivity index (χ1) is 16.6. The zero-order valence-electron chi connectivity index (χ0n) is 20.0. The van der Waals surface area contributed by atoms with Gasteiger partial charge in [0.15, 0.2) is 11.5 Å². The lowest BCUT2D eigenvalue weighted by atomic mass is 10.1. The number of benzene rings is 2. The van der Waals surface area contributed by atoms with Gasteiger partial charge in [-0.1, -0.05) is 23.4 Å². The fraction of sp³-hybridized carbons (Fsp3) is 0.423. The Morgan fingerprint density at radius 2 is 1.79 bits per heavy atom. The second kappa shape index (κ2) is 11.0. The normalized spacial score (nSPS) is 15.6. The summed E-state index contributed by atoms with van der Waals surface area (Å²) < 4.78 is 22.4. The van der Waals surface area contributed by atoms with Crippen LogP contribution in [0.3, 0.4) is 0 Å². The molecule has 1 fully saturated rings. The van der Waals surface area contributed by atoms with Crippen LogP contribution in [0, 0.1) is 0 Å². The summed E-state index contributed by atoms with van der Waals surface area (Å²) in [5, 5.41) is 4.13. The molecule has 1 amide bonds. The minimum Gasteiger partial charge on any atom is -0.494 e. The summed E-state index contributed by atoms with van der Waals surface area (Å²) in [6.07, 6.45) is 1.10. The van der Waals surface area contributed by atoms with Crippen LogP contribution in [0.1, 0.15) is 44.6 Å². The molecule has 1 aliphatic heterocycles. The maximum atomic E-state index is 12.7. The number of likely N-dealkylation sites (tertiary alicyclic amines) is 1. The zero-order valence-corrected chi connectivity index (χ0v) is 20.0. The first-order valence-electron chi connectivity index (χ1n) is 11.8. The van der Waals surface area contributed by atoms with Gasteiger partial charge in [-0.05, 0) is 57.0 Å². The Kier molecular flexibility index (Phi) is 7.67. The van der Waals surface area contributed by atoms with Gasteiger partial charge in [0, 0.05) is 25.1 Å². The molecule has 34 heavy (non-hydrogen) atoms. The number of nitrogens with zero attached hydrogens (tertiary/aromatic N) is 3. The lowest BCUT2D eigenvalue weighted by molar-refractivity contribution is -0.127. The van der Waals surface area contributed by atoms with Crippen molar-refractivity contribution in [2.45, 2.75) is 39.5 Å². The number of hydrogen-bond acceptors (Lipinski definition) is 7. The van der Waals surface area contributed by atoms with Gasteiger partial charge < -0.3 is 23.6 Å². The number of amides is 1. The molecule has 1 atom stereocenters. The van der Waals surface area contributed by atoms with Gasteiger partial charge in [-0.2, -0.15) is 4.98 Å². The standard InChI is InChI=1S/C26H31N3O5/c1-4-31-21-9-7-8-19(15-21)25-27-26(34-28-25)20-16-24(30)29(17-20)13-12-18-10-11-22(32-5-2)23(14-18)33-6-3/h7-11,14-15,20H,4-6,12-13,16-17H2,1-3H3. The molecule has 0 saturated carbocycles. The highest BCUT2D eigenvalue weighted by Crippen LogP contribution is 2.31. The molecule has 0 radical (unpaired) electrons. The van der Waals surface area contributed by atoms with Crippen molar-refractivity contribution in [2.24, 2.45) is 0 Å². The van der Waals surface area contributed by atoms with Gasteiger partial charge in [-0.3, -0.25) is 4.79 Å². The average Bonchev–Trinajstić information content (AvgIpc) is 3.47. The van der Waals surface area contributed by atoms with Gasteiger partial charge in [-0.15, -0.1) is 0 Å². The van der Waals surface area contributed by atoms with E-state index in [-0.39, 0.29) is 11.8 Å². The number of ether oxygens (including phenoxy) is 3. The Morgan fingerprint density at radius 3 is 2.59 bits per heavy atom. The monoisotopic (exact) mass is 465 g/mol. The molecule has 2 heterocycles. The molecule has 1 aliphatic rings. The highest BCUT2D eigenvalue weighted by molar-refractivity contribution is 5.79. The lowest BCUT2D eigenvalue weighted by Crippen LogP contribution is -2.27. The van der Waals surface area contributed by atoms with E-state index in [4.69, 9.17) is 18.7 Å². The van der Waals surface area contributed by atoms with Gasteiger partial charge in [0.2, 0.25) is 17.6 Å². The number of rotatable bonds is 11. The van der Waals surface area contributed by atoms with E-state index in [2.05, 4.69) is 10.1 Å². The number of aromatic nitrogens is 2. The quantitative estimate of drug-likeness (QED) is 0.412. The van der Waals surface area contributed by atoms with Crippen molar-refractivity contribution in [2.75, 3.05) is 32.9 Å². The van der Waals surface area contributed by atoms with Crippen LogP contribution < -0.4 is 14.2 Å². The Hall–Kier alpha value is -3.55. The molecule has 1 saturated heterocycles. The molecule has 0 bridgehead atoms. The third-order valence-corrected chi connectivity index (χ3v) is 5.69.